The number of aromatic amines is 1. The van der Waals surface area contributed by atoms with Crippen molar-refractivity contribution < 1.29 is 9.90 Å². The van der Waals surface area contributed by atoms with Crippen LogP contribution in [0.3, 0.4) is 0 Å². The van der Waals surface area contributed by atoms with Crippen molar-refractivity contribution >= 4 is 11.6 Å². The minimum absolute atomic E-state index is 0.197. The van der Waals surface area contributed by atoms with Crippen molar-refractivity contribution in [2.24, 2.45) is 0 Å². The molecule has 112 valence electrons. The zero-order valence-corrected chi connectivity index (χ0v) is 12.3. The van der Waals surface area contributed by atoms with Crippen molar-refractivity contribution in [1.82, 2.24) is 14.6 Å². The molecule has 0 bridgehead atoms. The minimum atomic E-state index is -1.05. The molecule has 2 N–H and O–H groups in total. The molecule has 0 saturated heterocycles. The molecular formula is C16H15N3O3. The first-order valence-electron chi connectivity index (χ1n) is 6.86. The van der Waals surface area contributed by atoms with Crippen LogP contribution < -0.4 is 5.56 Å². The summed E-state index contributed by atoms with van der Waals surface area (Å²) >= 11 is 0. The van der Waals surface area contributed by atoms with Crippen molar-refractivity contribution in [2.45, 2.75) is 20.3 Å². The predicted molar refractivity (Wildman–Crippen MR) is 82.1 cm³/mol. The summed E-state index contributed by atoms with van der Waals surface area (Å²) in [7, 11) is 0. The fourth-order valence-corrected chi connectivity index (χ4v) is 2.54. The van der Waals surface area contributed by atoms with E-state index < -0.39 is 5.97 Å². The monoisotopic (exact) mass is 297 g/mol. The number of carboxylic acids is 1. The zero-order chi connectivity index (χ0) is 15.9. The summed E-state index contributed by atoms with van der Waals surface area (Å²) in [5.74, 6) is -1.05. The number of nitrogens with zero attached hydrogens (tertiary/aromatic N) is 2. The average molecular weight is 297 g/mol. The lowest BCUT2D eigenvalue weighted by atomic mass is 10.1. The Balaban J connectivity index is 2.23. The van der Waals surface area contributed by atoms with Gasteiger partial charge in [0, 0.05) is 17.3 Å². The molecule has 0 aliphatic rings. The quantitative estimate of drug-likeness (QED) is 0.773. The zero-order valence-electron chi connectivity index (χ0n) is 12.3. The van der Waals surface area contributed by atoms with E-state index in [1.54, 1.807) is 13.0 Å². The van der Waals surface area contributed by atoms with Crippen LogP contribution in [0.15, 0.2) is 35.1 Å². The normalized spacial score (nSPS) is 11.0. The highest BCUT2D eigenvalue weighted by Gasteiger charge is 2.15. The number of carbonyl (C=O) groups is 1. The van der Waals surface area contributed by atoms with Crippen LogP contribution in [0.1, 0.15) is 16.8 Å². The maximum Gasteiger partial charge on any atom is 0.308 e. The van der Waals surface area contributed by atoms with Crippen molar-refractivity contribution in [3.63, 3.8) is 0 Å². The van der Waals surface area contributed by atoms with Gasteiger partial charge in [-0.05, 0) is 19.4 Å². The second kappa shape index (κ2) is 5.14. The lowest BCUT2D eigenvalue weighted by molar-refractivity contribution is -0.136. The van der Waals surface area contributed by atoms with Gasteiger partial charge in [0.15, 0.2) is 5.65 Å². The van der Waals surface area contributed by atoms with E-state index in [0.717, 1.165) is 16.8 Å². The van der Waals surface area contributed by atoms with Crippen LogP contribution in [0, 0.1) is 13.8 Å². The molecule has 22 heavy (non-hydrogen) atoms. The first-order chi connectivity index (χ1) is 10.5. The SMILES string of the molecule is Cc1ccccc1-c1cc2nc(C)c(CC(=O)O)c(=O)n2[nH]1. The molecule has 6 heteroatoms. The van der Waals surface area contributed by atoms with Gasteiger partial charge in [0.05, 0.1) is 17.7 Å². The fourth-order valence-electron chi connectivity index (χ4n) is 2.54. The number of nitrogens with one attached hydrogen (secondary N) is 1. The van der Waals surface area contributed by atoms with Crippen molar-refractivity contribution in [2.75, 3.05) is 0 Å². The molecular weight excluding hydrogens is 282 g/mol. The molecule has 6 nitrogen and oxygen atoms in total. The summed E-state index contributed by atoms with van der Waals surface area (Å²) in [5, 5.41) is 11.9. The number of aliphatic carboxylic acids is 1. The van der Waals surface area contributed by atoms with Crippen molar-refractivity contribution in [1.29, 1.82) is 0 Å². The van der Waals surface area contributed by atoms with E-state index in [-0.39, 0.29) is 17.5 Å². The van der Waals surface area contributed by atoms with E-state index in [0.29, 0.717) is 11.3 Å². The summed E-state index contributed by atoms with van der Waals surface area (Å²) < 4.78 is 1.30. The molecule has 0 unspecified atom stereocenters. The maximum absolute atomic E-state index is 12.4. The number of aromatic nitrogens is 3. The van der Waals surface area contributed by atoms with Gasteiger partial charge in [-0.2, -0.15) is 0 Å². The van der Waals surface area contributed by atoms with E-state index in [1.807, 2.05) is 31.2 Å². The predicted octanol–water partition coefficient (Wildman–Crippen LogP) is 1.93. The molecule has 0 atom stereocenters. The summed E-state index contributed by atoms with van der Waals surface area (Å²) in [6.07, 6.45) is -0.334. The Hall–Kier alpha value is -2.89. The van der Waals surface area contributed by atoms with Crippen LogP contribution in [0.5, 0.6) is 0 Å². The molecule has 0 amide bonds. The summed E-state index contributed by atoms with van der Waals surface area (Å²) in [6.45, 7) is 3.64. The van der Waals surface area contributed by atoms with E-state index >= 15 is 0 Å². The molecule has 0 aliphatic heterocycles. The first kappa shape index (κ1) is 14.1. The van der Waals surface area contributed by atoms with Crippen LogP contribution in [-0.2, 0) is 11.2 Å². The van der Waals surface area contributed by atoms with Gasteiger partial charge in [-0.3, -0.25) is 14.7 Å². The highest BCUT2D eigenvalue weighted by Crippen LogP contribution is 2.22. The molecule has 2 aromatic heterocycles. The van der Waals surface area contributed by atoms with Gasteiger partial charge in [0.25, 0.3) is 5.56 Å². The highest BCUT2D eigenvalue weighted by atomic mass is 16.4. The smallest absolute Gasteiger partial charge is 0.308 e. The average Bonchev–Trinajstić information content (AvgIpc) is 2.87. The molecule has 2 heterocycles. The van der Waals surface area contributed by atoms with Gasteiger partial charge in [-0.25, -0.2) is 9.50 Å². The number of hydrogen-bond donors (Lipinski definition) is 2. The van der Waals surface area contributed by atoms with Crippen LogP contribution in [0.25, 0.3) is 16.9 Å². The third-order valence-corrected chi connectivity index (χ3v) is 3.68. The molecule has 0 radical (unpaired) electrons. The number of H-pyrrole nitrogens is 1. The molecule has 0 aliphatic carbocycles. The molecule has 0 saturated carbocycles. The van der Waals surface area contributed by atoms with E-state index in [2.05, 4.69) is 10.1 Å². The Kier molecular flexibility index (Phi) is 3.29. The van der Waals surface area contributed by atoms with Gasteiger partial charge in [-0.1, -0.05) is 24.3 Å². The van der Waals surface area contributed by atoms with E-state index in [1.165, 1.54) is 4.52 Å². The van der Waals surface area contributed by atoms with Crippen LogP contribution in [-0.4, -0.2) is 25.7 Å². The topological polar surface area (TPSA) is 87.5 Å². The van der Waals surface area contributed by atoms with Crippen molar-refractivity contribution in [3.05, 3.63) is 57.5 Å². The standard InChI is InChI=1S/C16H15N3O3/c1-9-5-3-4-6-11(9)13-8-14-17-10(2)12(7-15(20)21)16(22)19(14)18-13/h3-6,8,18H,7H2,1-2H3,(H,20,21). The molecule has 0 fully saturated rings. The highest BCUT2D eigenvalue weighted by molar-refractivity contribution is 5.71. The van der Waals surface area contributed by atoms with E-state index in [4.69, 9.17) is 5.11 Å². The van der Waals surface area contributed by atoms with Gasteiger partial charge in [-0.15, -0.1) is 0 Å². The fraction of sp³-hybridized carbons (Fsp3) is 0.188. The number of hydrogen-bond acceptors (Lipinski definition) is 3. The summed E-state index contributed by atoms with van der Waals surface area (Å²) in [6, 6.07) is 9.60. The second-order valence-corrected chi connectivity index (χ2v) is 5.23. The molecule has 3 aromatic rings. The van der Waals surface area contributed by atoms with Gasteiger partial charge in [0.2, 0.25) is 0 Å². The first-order valence-corrected chi connectivity index (χ1v) is 6.86. The molecule has 3 rings (SSSR count). The van der Waals surface area contributed by atoms with E-state index in [9.17, 15) is 9.59 Å². The molecule has 1 aromatic carbocycles. The number of benzene rings is 1. The van der Waals surface area contributed by atoms with Crippen LogP contribution >= 0.6 is 0 Å². The maximum atomic E-state index is 12.4. The third kappa shape index (κ3) is 2.28. The summed E-state index contributed by atoms with van der Waals surface area (Å²) in [4.78, 5) is 27.7. The third-order valence-electron chi connectivity index (χ3n) is 3.68. The Morgan fingerprint density at radius 2 is 2.05 bits per heavy atom. The second-order valence-electron chi connectivity index (χ2n) is 5.23. The Labute approximate surface area is 126 Å². The number of aryl methyl sites for hydroxylation is 2. The molecule has 0 spiro atoms. The Morgan fingerprint density at radius 3 is 2.73 bits per heavy atom. The Bertz CT molecular complexity index is 937. The summed E-state index contributed by atoms with van der Waals surface area (Å²) in [5.41, 5.74) is 3.58. The van der Waals surface area contributed by atoms with Crippen molar-refractivity contribution in [3.8, 4) is 11.3 Å². The van der Waals surface area contributed by atoms with Crippen LogP contribution in [0.4, 0.5) is 0 Å². The lowest BCUT2D eigenvalue weighted by Crippen LogP contribution is -2.23. The number of carboxylic acid groups (broad SMARTS) is 1. The number of rotatable bonds is 3. The largest absolute Gasteiger partial charge is 0.481 e. The van der Waals surface area contributed by atoms with Crippen LogP contribution in [0.2, 0.25) is 0 Å². The minimum Gasteiger partial charge on any atom is -0.481 e. The Morgan fingerprint density at radius 1 is 1.32 bits per heavy atom. The van der Waals surface area contributed by atoms with Gasteiger partial charge >= 0.3 is 5.97 Å². The lowest BCUT2D eigenvalue weighted by Gasteiger charge is -2.03. The number of fused-ring (bicyclic) bond motifs is 1. The van der Waals surface area contributed by atoms with Gasteiger partial charge < -0.3 is 5.11 Å². The van der Waals surface area contributed by atoms with Gasteiger partial charge in [0.1, 0.15) is 0 Å².